The van der Waals surface area contributed by atoms with Crippen LogP contribution in [0.15, 0.2) is 18.2 Å². The van der Waals surface area contributed by atoms with Gasteiger partial charge in [-0.2, -0.15) is 0 Å². The summed E-state index contributed by atoms with van der Waals surface area (Å²) in [6.45, 7) is -0.575. The number of ether oxygens (including phenoxy) is 2. The number of nitrogens with one attached hydrogen (secondary N) is 1. The van der Waals surface area contributed by atoms with E-state index in [-0.39, 0.29) is 29.2 Å². The topological polar surface area (TPSA) is 67.9 Å². The Bertz CT molecular complexity index is 859. The predicted octanol–water partition coefficient (Wildman–Crippen LogP) is 3.03. The summed E-state index contributed by atoms with van der Waals surface area (Å²) in [6.07, 6.45) is -2.76. The van der Waals surface area contributed by atoms with Gasteiger partial charge in [0.2, 0.25) is 5.91 Å². The fraction of sp³-hybridized carbons (Fsp3) is 0.579. The highest BCUT2D eigenvalue weighted by atomic mass is 35.5. The van der Waals surface area contributed by atoms with Crippen LogP contribution in [0.25, 0.3) is 0 Å². The van der Waals surface area contributed by atoms with Crippen molar-refractivity contribution in [2.24, 2.45) is 5.92 Å². The first-order valence-electron chi connectivity index (χ1n) is 9.42. The minimum absolute atomic E-state index is 0.0466. The molecule has 2 bridgehead atoms. The maximum Gasteiger partial charge on any atom is 0.522 e. The summed E-state index contributed by atoms with van der Waals surface area (Å²) in [4.78, 5) is 26.3. The first kappa shape index (κ1) is 21.2. The van der Waals surface area contributed by atoms with Gasteiger partial charge in [0.25, 0.3) is 5.91 Å². The van der Waals surface area contributed by atoms with Crippen LogP contribution in [0.3, 0.4) is 0 Å². The summed E-state index contributed by atoms with van der Waals surface area (Å²) in [6, 6.07) is 3.87. The zero-order valence-corrected chi connectivity index (χ0v) is 16.5. The Morgan fingerprint density at radius 3 is 2.63 bits per heavy atom. The molecule has 1 aliphatic heterocycles. The maximum atomic E-state index is 13.4. The zero-order chi connectivity index (χ0) is 21.7. The fourth-order valence-electron chi connectivity index (χ4n) is 4.76. The quantitative estimate of drug-likeness (QED) is 0.648. The second-order valence-corrected chi connectivity index (χ2v) is 8.59. The lowest BCUT2D eigenvalue weighted by Gasteiger charge is -2.73. The molecule has 1 aromatic carbocycles. The standard InChI is InChI=1S/C19H19ClF4N2O4/c20-13-2-1-12(5-14(13)21)29-7-15(27)25-17-8-18(9-17,10-17)26-4-3-11(16(26)28)6-30-19(22,23)24/h1-2,5,11H,3-4,6-10H2,(H,25,27)/t11-,17?,18?/m1/s1. The molecule has 164 valence electrons. The lowest BCUT2D eigenvalue weighted by Crippen LogP contribution is -2.84. The van der Waals surface area contributed by atoms with Gasteiger partial charge in [-0.3, -0.25) is 14.3 Å². The van der Waals surface area contributed by atoms with E-state index in [0.717, 1.165) is 6.07 Å². The molecule has 3 aliphatic carbocycles. The van der Waals surface area contributed by atoms with Crippen LogP contribution in [-0.2, 0) is 14.3 Å². The number of amides is 2. The van der Waals surface area contributed by atoms with Crippen LogP contribution in [0.5, 0.6) is 5.75 Å². The van der Waals surface area contributed by atoms with Gasteiger partial charge < -0.3 is 15.0 Å². The van der Waals surface area contributed by atoms with Crippen LogP contribution in [0.4, 0.5) is 17.6 Å². The van der Waals surface area contributed by atoms with Crippen LogP contribution < -0.4 is 10.1 Å². The predicted molar refractivity (Wildman–Crippen MR) is 96.2 cm³/mol. The van der Waals surface area contributed by atoms with E-state index < -0.39 is 35.8 Å². The van der Waals surface area contributed by atoms with E-state index in [1.165, 1.54) is 12.1 Å². The molecule has 1 aromatic rings. The van der Waals surface area contributed by atoms with Crippen molar-refractivity contribution in [3.63, 3.8) is 0 Å². The first-order chi connectivity index (χ1) is 14.0. The fourth-order valence-corrected chi connectivity index (χ4v) is 4.88. The Labute approximate surface area is 174 Å². The van der Waals surface area contributed by atoms with Crippen LogP contribution in [-0.4, -0.2) is 53.9 Å². The van der Waals surface area contributed by atoms with E-state index in [1.807, 2.05) is 0 Å². The highest BCUT2D eigenvalue weighted by molar-refractivity contribution is 6.30. The highest BCUT2D eigenvalue weighted by Gasteiger charge is 2.72. The summed E-state index contributed by atoms with van der Waals surface area (Å²) >= 11 is 5.59. The van der Waals surface area contributed by atoms with Gasteiger partial charge in [0.15, 0.2) is 6.61 Å². The molecular formula is C19H19ClF4N2O4. The van der Waals surface area contributed by atoms with Crippen molar-refractivity contribution in [2.75, 3.05) is 19.8 Å². The van der Waals surface area contributed by atoms with E-state index in [1.54, 1.807) is 4.90 Å². The summed E-state index contributed by atoms with van der Waals surface area (Å²) in [7, 11) is 0. The van der Waals surface area contributed by atoms with E-state index in [0.29, 0.717) is 32.2 Å². The van der Waals surface area contributed by atoms with Crippen LogP contribution >= 0.6 is 11.6 Å². The second kappa shape index (κ2) is 7.26. The Morgan fingerprint density at radius 1 is 1.30 bits per heavy atom. The largest absolute Gasteiger partial charge is 0.522 e. The van der Waals surface area contributed by atoms with E-state index in [4.69, 9.17) is 16.3 Å². The van der Waals surface area contributed by atoms with Gasteiger partial charge in [0.1, 0.15) is 11.6 Å². The molecule has 5 rings (SSSR count). The van der Waals surface area contributed by atoms with Gasteiger partial charge >= 0.3 is 6.36 Å². The smallest absolute Gasteiger partial charge is 0.484 e. The zero-order valence-electron chi connectivity index (χ0n) is 15.7. The number of halogens is 5. The van der Waals surface area contributed by atoms with E-state index in [9.17, 15) is 27.2 Å². The minimum atomic E-state index is -4.75. The molecular weight excluding hydrogens is 432 g/mol. The maximum absolute atomic E-state index is 13.4. The number of carbonyl (C=O) groups excluding carboxylic acids is 2. The average Bonchev–Trinajstić information content (AvgIpc) is 2.96. The number of rotatable bonds is 7. The van der Waals surface area contributed by atoms with Crippen molar-refractivity contribution in [2.45, 2.75) is 43.1 Å². The molecule has 0 radical (unpaired) electrons. The average molecular weight is 451 g/mol. The molecule has 2 amide bonds. The second-order valence-electron chi connectivity index (χ2n) is 8.18. The normalized spacial score (nSPS) is 30.0. The number of hydrogen-bond acceptors (Lipinski definition) is 4. The number of carbonyl (C=O) groups is 2. The van der Waals surface area contributed by atoms with Crippen molar-refractivity contribution >= 4 is 23.4 Å². The van der Waals surface area contributed by atoms with Crippen LogP contribution in [0.2, 0.25) is 5.02 Å². The number of benzene rings is 1. The molecule has 0 unspecified atom stereocenters. The third-order valence-corrected chi connectivity index (χ3v) is 6.31. The van der Waals surface area contributed by atoms with Crippen LogP contribution in [0, 0.1) is 11.7 Å². The van der Waals surface area contributed by atoms with Crippen molar-refractivity contribution in [1.29, 1.82) is 0 Å². The first-order valence-corrected chi connectivity index (χ1v) is 9.80. The van der Waals surface area contributed by atoms with Crippen molar-refractivity contribution in [3.8, 4) is 5.75 Å². The molecule has 0 aromatic heterocycles. The molecule has 4 aliphatic rings. The Kier molecular flexibility index (Phi) is 5.13. The molecule has 1 heterocycles. The molecule has 30 heavy (non-hydrogen) atoms. The lowest BCUT2D eigenvalue weighted by atomic mass is 9.43. The number of nitrogens with zero attached hydrogens (tertiary/aromatic N) is 1. The Hall–Kier alpha value is -2.07. The van der Waals surface area contributed by atoms with Gasteiger partial charge in [0.05, 0.1) is 17.5 Å². The molecule has 1 saturated heterocycles. The number of hydrogen-bond donors (Lipinski definition) is 1. The van der Waals surface area contributed by atoms with Gasteiger partial charge in [-0.1, -0.05) is 11.6 Å². The monoisotopic (exact) mass is 450 g/mol. The van der Waals surface area contributed by atoms with E-state index in [2.05, 4.69) is 10.1 Å². The van der Waals surface area contributed by atoms with Gasteiger partial charge in [-0.05, 0) is 37.8 Å². The molecule has 11 heteroatoms. The molecule has 3 saturated carbocycles. The van der Waals surface area contributed by atoms with Crippen LogP contribution in [0.1, 0.15) is 25.7 Å². The lowest BCUT2D eigenvalue weighted by molar-refractivity contribution is -0.327. The number of likely N-dealkylation sites (tertiary alicyclic amines) is 1. The highest BCUT2D eigenvalue weighted by Crippen LogP contribution is 2.64. The summed E-state index contributed by atoms with van der Waals surface area (Å²) < 4.78 is 59.1. The third kappa shape index (κ3) is 3.94. The van der Waals surface area contributed by atoms with E-state index >= 15 is 0 Å². The molecule has 4 fully saturated rings. The van der Waals surface area contributed by atoms with Gasteiger partial charge in [-0.15, -0.1) is 13.2 Å². The Balaban J connectivity index is 1.23. The molecule has 1 N–H and O–H groups in total. The minimum Gasteiger partial charge on any atom is -0.484 e. The molecule has 0 spiro atoms. The van der Waals surface area contributed by atoms with Gasteiger partial charge in [-0.25, -0.2) is 4.39 Å². The SMILES string of the molecule is O=C(COc1ccc(Cl)c(F)c1)NC12CC(N3CC[C@H](COC(F)(F)F)C3=O)(C1)C2. The summed E-state index contributed by atoms with van der Waals surface area (Å²) in [5.74, 6) is -1.96. The van der Waals surface area contributed by atoms with Gasteiger partial charge in [0, 0.05) is 23.7 Å². The summed E-state index contributed by atoms with van der Waals surface area (Å²) in [5, 5.41) is 2.83. The van der Waals surface area contributed by atoms with Crippen molar-refractivity contribution in [3.05, 3.63) is 29.0 Å². The Morgan fingerprint density at radius 2 is 2.00 bits per heavy atom. The third-order valence-electron chi connectivity index (χ3n) is 6.01. The van der Waals surface area contributed by atoms with Crippen molar-refractivity contribution < 1.29 is 36.6 Å². The molecule has 6 nitrogen and oxygen atoms in total. The molecule has 1 atom stereocenters. The summed E-state index contributed by atoms with van der Waals surface area (Å²) in [5.41, 5.74) is -0.815. The number of alkyl halides is 3. The van der Waals surface area contributed by atoms with Crippen molar-refractivity contribution in [1.82, 2.24) is 10.2 Å².